The molecule has 29 heavy (non-hydrogen) atoms. The van der Waals surface area contributed by atoms with Crippen LogP contribution in [-0.2, 0) is 17.5 Å². The monoisotopic (exact) mass is 467 g/mol. The number of nitrogens with zero attached hydrogens (tertiary/aromatic N) is 4. The van der Waals surface area contributed by atoms with E-state index in [1.54, 1.807) is 18.2 Å². The van der Waals surface area contributed by atoms with E-state index < -0.39 is 28.8 Å². The van der Waals surface area contributed by atoms with Gasteiger partial charge in [0, 0.05) is 10.2 Å². The summed E-state index contributed by atoms with van der Waals surface area (Å²) in [5.74, 6) is -0.934. The van der Waals surface area contributed by atoms with Crippen molar-refractivity contribution in [3.63, 3.8) is 0 Å². The molecule has 150 valence electrons. The van der Waals surface area contributed by atoms with Crippen LogP contribution >= 0.6 is 15.9 Å². The molecule has 7 nitrogen and oxygen atoms in total. The molecule has 1 aromatic heterocycles. The Bertz CT molecular complexity index is 1130. The number of amides is 1. The standard InChI is InChI=1S/C18H13BrF3N5O2/c1-17(29,9-27-15-5-3-11(19)6-14(15)25-26-27)16(28)24-12-4-2-10(8-23)13(7-12)18(20,21)22/h2-7,29H,9H2,1H3,(H,24,28). The second-order valence-corrected chi connectivity index (χ2v) is 7.39. The summed E-state index contributed by atoms with van der Waals surface area (Å²) in [5.41, 5.74) is -2.83. The minimum atomic E-state index is -4.76. The fraction of sp³-hybridized carbons (Fsp3) is 0.222. The summed E-state index contributed by atoms with van der Waals surface area (Å²) in [4.78, 5) is 12.5. The largest absolute Gasteiger partial charge is 0.417 e. The second kappa shape index (κ2) is 7.46. The van der Waals surface area contributed by atoms with Crippen LogP contribution in [0.3, 0.4) is 0 Å². The maximum Gasteiger partial charge on any atom is 0.417 e. The summed E-state index contributed by atoms with van der Waals surface area (Å²) in [6.45, 7) is 0.933. The second-order valence-electron chi connectivity index (χ2n) is 6.48. The number of anilines is 1. The average Bonchev–Trinajstić information content (AvgIpc) is 3.02. The molecule has 0 spiro atoms. The first-order chi connectivity index (χ1) is 13.5. The molecule has 3 rings (SSSR count). The molecule has 0 bridgehead atoms. The molecule has 0 aliphatic heterocycles. The lowest BCUT2D eigenvalue weighted by atomic mass is 10.0. The van der Waals surface area contributed by atoms with Crippen LogP contribution in [0.4, 0.5) is 18.9 Å². The number of carbonyl (C=O) groups is 1. The smallest absolute Gasteiger partial charge is 0.378 e. The van der Waals surface area contributed by atoms with Crippen molar-refractivity contribution >= 4 is 38.6 Å². The van der Waals surface area contributed by atoms with Gasteiger partial charge in [0.2, 0.25) is 0 Å². The normalized spacial score (nSPS) is 13.7. The van der Waals surface area contributed by atoms with Gasteiger partial charge in [0.05, 0.1) is 29.3 Å². The van der Waals surface area contributed by atoms with Gasteiger partial charge in [-0.3, -0.25) is 4.79 Å². The number of hydrogen-bond donors (Lipinski definition) is 2. The number of rotatable bonds is 4. The Balaban J connectivity index is 1.83. The molecular formula is C18H13BrF3N5O2. The van der Waals surface area contributed by atoms with Crippen molar-refractivity contribution in [2.75, 3.05) is 5.32 Å². The van der Waals surface area contributed by atoms with E-state index in [0.29, 0.717) is 17.1 Å². The van der Waals surface area contributed by atoms with E-state index in [2.05, 4.69) is 31.6 Å². The van der Waals surface area contributed by atoms with Crippen molar-refractivity contribution in [1.82, 2.24) is 15.0 Å². The molecule has 11 heteroatoms. The summed E-state index contributed by atoms with van der Waals surface area (Å²) >= 11 is 3.30. The summed E-state index contributed by atoms with van der Waals surface area (Å²) in [5, 5.41) is 29.5. The molecule has 1 amide bonds. The minimum absolute atomic E-state index is 0.200. The number of fused-ring (bicyclic) bond motifs is 1. The number of aliphatic hydroxyl groups is 1. The van der Waals surface area contributed by atoms with Gasteiger partial charge in [-0.2, -0.15) is 18.4 Å². The lowest BCUT2D eigenvalue weighted by Crippen LogP contribution is -2.44. The summed E-state index contributed by atoms with van der Waals surface area (Å²) in [7, 11) is 0. The first kappa shape index (κ1) is 20.8. The third-order valence-electron chi connectivity index (χ3n) is 4.13. The van der Waals surface area contributed by atoms with E-state index in [0.717, 1.165) is 16.6 Å². The highest BCUT2D eigenvalue weighted by Crippen LogP contribution is 2.33. The Hall–Kier alpha value is -2.97. The van der Waals surface area contributed by atoms with E-state index in [1.165, 1.54) is 17.7 Å². The van der Waals surface area contributed by atoms with Crippen molar-refractivity contribution in [3.05, 3.63) is 52.0 Å². The minimum Gasteiger partial charge on any atom is -0.378 e. The third-order valence-corrected chi connectivity index (χ3v) is 4.62. The lowest BCUT2D eigenvalue weighted by molar-refractivity contribution is -0.138. The number of nitriles is 1. The van der Waals surface area contributed by atoms with Crippen LogP contribution in [0.25, 0.3) is 11.0 Å². The van der Waals surface area contributed by atoms with Crippen molar-refractivity contribution in [3.8, 4) is 6.07 Å². The number of nitrogens with one attached hydrogen (secondary N) is 1. The van der Waals surface area contributed by atoms with Gasteiger partial charge in [-0.15, -0.1) is 5.10 Å². The van der Waals surface area contributed by atoms with Crippen LogP contribution < -0.4 is 5.32 Å². The molecule has 1 heterocycles. The first-order valence-corrected chi connectivity index (χ1v) is 8.94. The quantitative estimate of drug-likeness (QED) is 0.611. The molecule has 1 atom stereocenters. The molecule has 1 unspecified atom stereocenters. The highest BCUT2D eigenvalue weighted by atomic mass is 79.9. The predicted octanol–water partition coefficient (Wildman–Crippen LogP) is 3.47. The van der Waals surface area contributed by atoms with Gasteiger partial charge in [-0.05, 0) is 43.3 Å². The number of alkyl halides is 3. The number of carbonyl (C=O) groups excluding carboxylic acids is 1. The van der Waals surface area contributed by atoms with Crippen molar-refractivity contribution < 1.29 is 23.1 Å². The Morgan fingerprint density at radius 2 is 2.03 bits per heavy atom. The van der Waals surface area contributed by atoms with E-state index in [9.17, 15) is 23.1 Å². The summed E-state index contributed by atoms with van der Waals surface area (Å²) in [6.07, 6.45) is -4.76. The molecule has 2 N–H and O–H groups in total. The van der Waals surface area contributed by atoms with E-state index in [4.69, 9.17) is 5.26 Å². The Morgan fingerprint density at radius 1 is 1.31 bits per heavy atom. The van der Waals surface area contributed by atoms with Crippen LogP contribution in [0.15, 0.2) is 40.9 Å². The summed E-state index contributed by atoms with van der Waals surface area (Å²) < 4.78 is 41.3. The van der Waals surface area contributed by atoms with Gasteiger partial charge >= 0.3 is 6.18 Å². The zero-order chi connectivity index (χ0) is 21.4. The molecule has 2 aromatic carbocycles. The Morgan fingerprint density at radius 3 is 2.69 bits per heavy atom. The van der Waals surface area contributed by atoms with Crippen molar-refractivity contribution in [1.29, 1.82) is 5.26 Å². The van der Waals surface area contributed by atoms with Crippen LogP contribution in [0, 0.1) is 11.3 Å². The molecule has 3 aromatic rings. The number of benzene rings is 2. The van der Waals surface area contributed by atoms with Gasteiger partial charge < -0.3 is 10.4 Å². The third kappa shape index (κ3) is 4.38. The van der Waals surface area contributed by atoms with Gasteiger partial charge in [0.25, 0.3) is 5.91 Å². The van der Waals surface area contributed by atoms with Crippen LogP contribution in [0.5, 0.6) is 0 Å². The van der Waals surface area contributed by atoms with Crippen molar-refractivity contribution in [2.45, 2.75) is 25.2 Å². The van der Waals surface area contributed by atoms with Gasteiger partial charge in [0.1, 0.15) is 5.52 Å². The van der Waals surface area contributed by atoms with E-state index in [-0.39, 0.29) is 12.2 Å². The molecule has 0 saturated carbocycles. The molecule has 0 aliphatic rings. The summed E-state index contributed by atoms with van der Waals surface area (Å²) in [6, 6.07) is 9.37. The molecular weight excluding hydrogens is 455 g/mol. The topological polar surface area (TPSA) is 104 Å². The number of halogens is 4. The van der Waals surface area contributed by atoms with Crippen LogP contribution in [0.2, 0.25) is 0 Å². The highest BCUT2D eigenvalue weighted by molar-refractivity contribution is 9.10. The van der Waals surface area contributed by atoms with Crippen LogP contribution in [-0.4, -0.2) is 31.6 Å². The SMILES string of the molecule is CC(O)(Cn1nnc2cc(Br)ccc21)C(=O)Nc1ccc(C#N)c(C(F)(F)F)c1. The van der Waals surface area contributed by atoms with Crippen molar-refractivity contribution in [2.24, 2.45) is 0 Å². The molecule has 0 aliphatic carbocycles. The lowest BCUT2D eigenvalue weighted by Gasteiger charge is -2.22. The van der Waals surface area contributed by atoms with Gasteiger partial charge in [-0.1, -0.05) is 21.1 Å². The number of aromatic nitrogens is 3. The predicted molar refractivity (Wildman–Crippen MR) is 101 cm³/mol. The van der Waals surface area contributed by atoms with E-state index >= 15 is 0 Å². The zero-order valence-electron chi connectivity index (χ0n) is 14.8. The van der Waals surface area contributed by atoms with Gasteiger partial charge in [0.15, 0.2) is 5.60 Å². The molecule has 0 saturated heterocycles. The van der Waals surface area contributed by atoms with Gasteiger partial charge in [-0.25, -0.2) is 4.68 Å². The van der Waals surface area contributed by atoms with E-state index in [1.807, 2.05) is 0 Å². The maximum atomic E-state index is 13.1. The first-order valence-electron chi connectivity index (χ1n) is 8.15. The average molecular weight is 468 g/mol. The maximum absolute atomic E-state index is 13.1. The fourth-order valence-electron chi connectivity index (χ4n) is 2.65. The highest BCUT2D eigenvalue weighted by Gasteiger charge is 2.35. The Kier molecular flexibility index (Phi) is 5.34. The molecule has 0 fully saturated rings. The fourth-order valence-corrected chi connectivity index (χ4v) is 2.99. The van der Waals surface area contributed by atoms with Crippen LogP contribution in [0.1, 0.15) is 18.1 Å². The number of hydrogen-bond acceptors (Lipinski definition) is 5. The zero-order valence-corrected chi connectivity index (χ0v) is 16.4. The molecule has 0 radical (unpaired) electrons. The Labute approximate surface area is 170 Å².